The average molecular weight is 395 g/mol. The van der Waals surface area contributed by atoms with Gasteiger partial charge in [-0.25, -0.2) is 4.39 Å². The molecule has 1 amide bonds. The monoisotopic (exact) mass is 395 g/mol. The van der Waals surface area contributed by atoms with Gasteiger partial charge in [-0.05, 0) is 24.3 Å². The Balaban J connectivity index is 1.50. The second-order valence-corrected chi connectivity index (χ2v) is 6.97. The summed E-state index contributed by atoms with van der Waals surface area (Å²) >= 11 is 0. The van der Waals surface area contributed by atoms with Crippen LogP contribution in [-0.4, -0.2) is 39.3 Å². The molecule has 0 spiro atoms. The number of hydrogen-bond donors (Lipinski definition) is 1. The molecule has 4 rings (SSSR count). The second-order valence-electron chi connectivity index (χ2n) is 6.97. The summed E-state index contributed by atoms with van der Waals surface area (Å²) in [7, 11) is 1.65. The van der Waals surface area contributed by atoms with E-state index in [4.69, 9.17) is 10.5 Å². The van der Waals surface area contributed by atoms with Crippen LogP contribution in [0.15, 0.2) is 42.6 Å². The average Bonchev–Trinajstić information content (AvgIpc) is 3.30. The summed E-state index contributed by atoms with van der Waals surface area (Å²) in [6.45, 7) is 2.21. The molecule has 2 aromatic heterocycles. The number of carbonyl (C=O) groups excluding carboxylic acids is 1. The van der Waals surface area contributed by atoms with Crippen LogP contribution in [0.1, 0.15) is 17.0 Å². The first-order valence-corrected chi connectivity index (χ1v) is 9.37. The SMILES string of the molecule is COCCn1ncc2c1CN(C(=O)Cc1nc(-c3ccccc3F)ccc1N)C2. The molecule has 1 aromatic carbocycles. The number of nitrogens with two attached hydrogens (primary N) is 1. The van der Waals surface area contributed by atoms with E-state index in [1.165, 1.54) is 6.07 Å². The zero-order valence-corrected chi connectivity index (χ0v) is 16.1. The largest absolute Gasteiger partial charge is 0.397 e. The first-order valence-electron chi connectivity index (χ1n) is 9.37. The molecule has 1 aliphatic heterocycles. The van der Waals surface area contributed by atoms with Crippen molar-refractivity contribution in [2.75, 3.05) is 19.5 Å². The standard InChI is InChI=1S/C21H22FN5O2/c1-29-9-8-27-20-13-26(12-14(20)11-24-27)21(28)10-19-17(23)6-7-18(25-19)15-4-2-3-5-16(15)22/h2-7,11H,8-10,12-13,23H2,1H3. The van der Waals surface area contributed by atoms with Crippen LogP contribution in [0.3, 0.4) is 0 Å². The molecule has 7 nitrogen and oxygen atoms in total. The Kier molecular flexibility index (Phi) is 5.26. The van der Waals surface area contributed by atoms with E-state index in [9.17, 15) is 9.18 Å². The molecule has 0 radical (unpaired) electrons. The molecule has 0 saturated heterocycles. The number of nitrogens with zero attached hydrogens (tertiary/aromatic N) is 4. The highest BCUT2D eigenvalue weighted by molar-refractivity contribution is 5.80. The predicted molar refractivity (Wildman–Crippen MR) is 106 cm³/mol. The molecule has 29 heavy (non-hydrogen) atoms. The predicted octanol–water partition coefficient (Wildman–Crippen LogP) is 2.40. The van der Waals surface area contributed by atoms with E-state index in [2.05, 4.69) is 10.1 Å². The maximum Gasteiger partial charge on any atom is 0.229 e. The smallest absolute Gasteiger partial charge is 0.229 e. The molecule has 0 atom stereocenters. The highest BCUT2D eigenvalue weighted by atomic mass is 19.1. The van der Waals surface area contributed by atoms with E-state index >= 15 is 0 Å². The number of amides is 1. The van der Waals surface area contributed by atoms with E-state index in [0.29, 0.717) is 48.9 Å². The summed E-state index contributed by atoms with van der Waals surface area (Å²) in [6.07, 6.45) is 1.85. The Morgan fingerprint density at radius 3 is 2.86 bits per heavy atom. The van der Waals surface area contributed by atoms with Gasteiger partial charge in [-0.1, -0.05) is 12.1 Å². The van der Waals surface area contributed by atoms with Crippen LogP contribution >= 0.6 is 0 Å². The Morgan fingerprint density at radius 1 is 1.24 bits per heavy atom. The molecule has 150 valence electrons. The lowest BCUT2D eigenvalue weighted by atomic mass is 10.1. The van der Waals surface area contributed by atoms with Crippen molar-refractivity contribution in [3.63, 3.8) is 0 Å². The van der Waals surface area contributed by atoms with Gasteiger partial charge in [0, 0.05) is 24.8 Å². The van der Waals surface area contributed by atoms with Gasteiger partial charge in [0.25, 0.3) is 0 Å². The number of benzene rings is 1. The third-order valence-corrected chi connectivity index (χ3v) is 5.07. The molecule has 1 aliphatic rings. The summed E-state index contributed by atoms with van der Waals surface area (Å²) in [5, 5.41) is 4.35. The van der Waals surface area contributed by atoms with Crippen molar-refractivity contribution >= 4 is 11.6 Å². The van der Waals surface area contributed by atoms with Crippen molar-refractivity contribution in [3.05, 3.63) is 65.4 Å². The van der Waals surface area contributed by atoms with Crippen LogP contribution in [0, 0.1) is 5.82 Å². The molecule has 2 N–H and O–H groups in total. The van der Waals surface area contributed by atoms with E-state index in [1.807, 2.05) is 4.68 Å². The van der Waals surface area contributed by atoms with E-state index < -0.39 is 0 Å². The molecule has 0 fully saturated rings. The second kappa shape index (κ2) is 8.00. The van der Waals surface area contributed by atoms with Crippen LogP contribution in [-0.2, 0) is 35.6 Å². The Labute approximate surface area is 167 Å². The van der Waals surface area contributed by atoms with Crippen molar-refractivity contribution in [1.29, 1.82) is 0 Å². The number of halogens is 1. The zero-order chi connectivity index (χ0) is 20.4. The van der Waals surface area contributed by atoms with Crippen molar-refractivity contribution in [2.45, 2.75) is 26.1 Å². The van der Waals surface area contributed by atoms with Crippen molar-refractivity contribution < 1.29 is 13.9 Å². The van der Waals surface area contributed by atoms with Gasteiger partial charge in [-0.2, -0.15) is 5.10 Å². The minimum absolute atomic E-state index is 0.0594. The number of fused-ring (bicyclic) bond motifs is 1. The lowest BCUT2D eigenvalue weighted by molar-refractivity contribution is -0.131. The molecule has 0 saturated carbocycles. The molecule has 0 aliphatic carbocycles. The maximum atomic E-state index is 14.1. The van der Waals surface area contributed by atoms with Crippen LogP contribution in [0.2, 0.25) is 0 Å². The maximum absolute atomic E-state index is 14.1. The minimum Gasteiger partial charge on any atom is -0.397 e. The quantitative estimate of drug-likeness (QED) is 0.693. The summed E-state index contributed by atoms with van der Waals surface area (Å²) in [6, 6.07) is 9.74. The van der Waals surface area contributed by atoms with Crippen LogP contribution in [0.5, 0.6) is 0 Å². The van der Waals surface area contributed by atoms with Gasteiger partial charge in [0.1, 0.15) is 5.82 Å². The highest BCUT2D eigenvalue weighted by Gasteiger charge is 2.27. The molecule has 0 unspecified atom stereocenters. The number of pyridine rings is 1. The number of nitrogen functional groups attached to an aromatic ring is 1. The minimum atomic E-state index is -0.363. The number of aromatic nitrogens is 3. The molecule has 0 bridgehead atoms. The van der Waals surface area contributed by atoms with E-state index in [1.54, 1.807) is 48.5 Å². The Hall–Kier alpha value is -3.26. The summed E-state index contributed by atoms with van der Waals surface area (Å²) in [4.78, 5) is 19.1. The van der Waals surface area contributed by atoms with Gasteiger partial charge in [-0.15, -0.1) is 0 Å². The fraction of sp³-hybridized carbons (Fsp3) is 0.286. The molecule has 3 heterocycles. The van der Waals surface area contributed by atoms with Gasteiger partial charge >= 0.3 is 0 Å². The fourth-order valence-corrected chi connectivity index (χ4v) is 3.48. The summed E-state index contributed by atoms with van der Waals surface area (Å²) in [5.74, 6) is -0.443. The number of anilines is 1. The first-order chi connectivity index (χ1) is 14.1. The van der Waals surface area contributed by atoms with Crippen molar-refractivity contribution in [2.24, 2.45) is 0 Å². The van der Waals surface area contributed by atoms with Crippen LogP contribution in [0.25, 0.3) is 11.3 Å². The Bertz CT molecular complexity index is 1050. The summed E-state index contributed by atoms with van der Waals surface area (Å²) < 4.78 is 21.1. The lowest BCUT2D eigenvalue weighted by Crippen LogP contribution is -2.28. The van der Waals surface area contributed by atoms with Gasteiger partial charge in [-0.3, -0.25) is 14.5 Å². The van der Waals surface area contributed by atoms with Crippen molar-refractivity contribution in [3.8, 4) is 11.3 Å². The summed E-state index contributed by atoms with van der Waals surface area (Å²) in [5.41, 5.74) is 9.81. The number of carbonyl (C=O) groups is 1. The number of ether oxygens (including phenoxy) is 1. The van der Waals surface area contributed by atoms with Gasteiger partial charge in [0.05, 0.1) is 55.1 Å². The zero-order valence-electron chi connectivity index (χ0n) is 16.1. The molecular formula is C21H22FN5O2. The molecule has 3 aromatic rings. The lowest BCUT2D eigenvalue weighted by Gasteiger charge is -2.17. The van der Waals surface area contributed by atoms with Gasteiger partial charge < -0.3 is 15.4 Å². The van der Waals surface area contributed by atoms with E-state index in [0.717, 1.165) is 11.3 Å². The highest BCUT2D eigenvalue weighted by Crippen LogP contribution is 2.26. The third kappa shape index (κ3) is 3.84. The Morgan fingerprint density at radius 2 is 2.07 bits per heavy atom. The normalized spacial score (nSPS) is 13.0. The first kappa shape index (κ1) is 19.1. The number of rotatable bonds is 6. The van der Waals surface area contributed by atoms with Gasteiger partial charge in [0.2, 0.25) is 5.91 Å². The third-order valence-electron chi connectivity index (χ3n) is 5.07. The van der Waals surface area contributed by atoms with E-state index in [-0.39, 0.29) is 18.1 Å². The van der Waals surface area contributed by atoms with Gasteiger partial charge in [0.15, 0.2) is 0 Å². The molecule has 8 heteroatoms. The number of hydrogen-bond acceptors (Lipinski definition) is 5. The van der Waals surface area contributed by atoms with Crippen molar-refractivity contribution in [1.82, 2.24) is 19.7 Å². The fourth-order valence-electron chi connectivity index (χ4n) is 3.48. The number of methoxy groups -OCH3 is 1. The van der Waals surface area contributed by atoms with Crippen LogP contribution in [0.4, 0.5) is 10.1 Å². The molecular weight excluding hydrogens is 373 g/mol. The topological polar surface area (TPSA) is 86.3 Å². The van der Waals surface area contributed by atoms with Crippen LogP contribution < -0.4 is 5.73 Å².